The minimum absolute atomic E-state index is 0.151. The fraction of sp³-hybridized carbons (Fsp3) is 0.222. The van der Waals surface area contributed by atoms with E-state index in [2.05, 4.69) is 22.5 Å². The van der Waals surface area contributed by atoms with Crippen molar-refractivity contribution in [3.63, 3.8) is 0 Å². The lowest BCUT2D eigenvalue weighted by Gasteiger charge is -2.18. The van der Waals surface area contributed by atoms with Crippen LogP contribution in [0.15, 0.2) is 60.2 Å². The van der Waals surface area contributed by atoms with E-state index in [1.165, 1.54) is 18.4 Å². The zero-order valence-electron chi connectivity index (χ0n) is 20.2. The number of nitrogens with zero attached hydrogens (tertiary/aromatic N) is 2. The van der Waals surface area contributed by atoms with Gasteiger partial charge in [0.05, 0.1) is 19.3 Å². The smallest absolute Gasteiger partial charge is 0.348 e. The molecular weight excluding hydrogens is 460 g/mol. The van der Waals surface area contributed by atoms with Crippen molar-refractivity contribution >= 4 is 23.2 Å². The van der Waals surface area contributed by atoms with Gasteiger partial charge in [0, 0.05) is 30.9 Å². The molecule has 7 nitrogen and oxygen atoms in total. The molecule has 35 heavy (non-hydrogen) atoms. The van der Waals surface area contributed by atoms with Crippen molar-refractivity contribution in [1.29, 1.82) is 0 Å². The van der Waals surface area contributed by atoms with Gasteiger partial charge in [-0.2, -0.15) is 5.10 Å². The fourth-order valence-electron chi connectivity index (χ4n) is 3.90. The Kier molecular flexibility index (Phi) is 7.14. The summed E-state index contributed by atoms with van der Waals surface area (Å²) in [6.07, 6.45) is 3.75. The Morgan fingerprint density at radius 3 is 2.51 bits per heavy atom. The Hall–Kier alpha value is -3.75. The van der Waals surface area contributed by atoms with E-state index in [1.54, 1.807) is 10.9 Å². The number of esters is 1. The average molecular weight is 489 g/mol. The third kappa shape index (κ3) is 5.34. The second kappa shape index (κ2) is 10.2. The number of aromatic nitrogens is 2. The van der Waals surface area contributed by atoms with Crippen LogP contribution in [-0.4, -0.2) is 28.8 Å². The fourth-order valence-corrected chi connectivity index (χ4v) is 4.73. The Labute approximate surface area is 208 Å². The maximum absolute atomic E-state index is 13.1. The molecule has 2 heterocycles. The van der Waals surface area contributed by atoms with Crippen LogP contribution in [-0.2, 0) is 18.3 Å². The molecule has 3 N–H and O–H groups in total. The van der Waals surface area contributed by atoms with Crippen molar-refractivity contribution in [3.05, 3.63) is 87.4 Å². The predicted octanol–water partition coefficient (Wildman–Crippen LogP) is 4.86. The second-order valence-corrected chi connectivity index (χ2v) is 9.40. The van der Waals surface area contributed by atoms with E-state index in [0.717, 1.165) is 38.9 Å². The molecule has 4 aromatic rings. The van der Waals surface area contributed by atoms with Crippen LogP contribution in [0.5, 0.6) is 0 Å². The number of nitrogens with two attached hydrogens (primary N) is 1. The first kappa shape index (κ1) is 24.4. The van der Waals surface area contributed by atoms with E-state index in [4.69, 9.17) is 10.5 Å². The molecule has 1 atom stereocenters. The van der Waals surface area contributed by atoms with Gasteiger partial charge in [-0.3, -0.25) is 9.48 Å². The molecule has 8 heteroatoms. The summed E-state index contributed by atoms with van der Waals surface area (Å²) in [5.41, 5.74) is 12.9. The van der Waals surface area contributed by atoms with Crippen molar-refractivity contribution in [2.45, 2.75) is 26.4 Å². The number of aryl methyl sites for hydroxylation is 2. The number of rotatable bonds is 7. The Morgan fingerprint density at radius 2 is 1.86 bits per heavy atom. The van der Waals surface area contributed by atoms with E-state index in [1.807, 2.05) is 62.8 Å². The summed E-state index contributed by atoms with van der Waals surface area (Å²) in [7, 11) is 3.24. The second-order valence-electron chi connectivity index (χ2n) is 8.49. The number of ether oxygens (including phenoxy) is 1. The molecule has 0 radical (unpaired) electrons. The number of hydrogen-bond acceptors (Lipinski definition) is 6. The van der Waals surface area contributed by atoms with Gasteiger partial charge in [-0.05, 0) is 82.9 Å². The molecule has 1 amide bonds. The summed E-state index contributed by atoms with van der Waals surface area (Å²) in [5.74, 6) is -0.511. The molecule has 0 saturated heterocycles. The van der Waals surface area contributed by atoms with Gasteiger partial charge in [0.1, 0.15) is 4.88 Å². The number of benzene rings is 2. The van der Waals surface area contributed by atoms with E-state index >= 15 is 0 Å². The maximum atomic E-state index is 13.1. The number of amides is 1. The van der Waals surface area contributed by atoms with Crippen LogP contribution in [0.25, 0.3) is 22.3 Å². The zero-order valence-corrected chi connectivity index (χ0v) is 21.0. The molecule has 0 saturated carbocycles. The van der Waals surface area contributed by atoms with Gasteiger partial charge in [-0.15, -0.1) is 11.3 Å². The summed E-state index contributed by atoms with van der Waals surface area (Å²) in [4.78, 5) is 25.6. The summed E-state index contributed by atoms with van der Waals surface area (Å²) >= 11 is 1.34. The van der Waals surface area contributed by atoms with Gasteiger partial charge < -0.3 is 15.8 Å². The minimum Gasteiger partial charge on any atom is -0.465 e. The largest absolute Gasteiger partial charge is 0.465 e. The Balaban J connectivity index is 1.70. The van der Waals surface area contributed by atoms with Gasteiger partial charge in [-0.25, -0.2) is 4.79 Å². The molecule has 180 valence electrons. The van der Waals surface area contributed by atoms with Gasteiger partial charge in [0.15, 0.2) is 0 Å². The van der Waals surface area contributed by atoms with E-state index in [9.17, 15) is 9.59 Å². The van der Waals surface area contributed by atoms with E-state index < -0.39 is 0 Å². The molecule has 0 fully saturated rings. The Bertz CT molecular complexity index is 1390. The van der Waals surface area contributed by atoms with Crippen LogP contribution >= 0.6 is 11.3 Å². The van der Waals surface area contributed by atoms with Gasteiger partial charge in [0.2, 0.25) is 0 Å². The number of carbonyl (C=O) groups excluding carboxylic acids is 2. The van der Waals surface area contributed by atoms with Crippen molar-refractivity contribution < 1.29 is 14.3 Å². The summed E-state index contributed by atoms with van der Waals surface area (Å²) in [5, 5.41) is 9.36. The van der Waals surface area contributed by atoms with Crippen LogP contribution in [0.1, 0.15) is 49.7 Å². The lowest BCUT2D eigenvalue weighted by atomic mass is 9.95. The zero-order chi connectivity index (χ0) is 25.1. The highest BCUT2D eigenvalue weighted by Crippen LogP contribution is 2.33. The molecule has 1 unspecified atom stereocenters. The third-order valence-corrected chi connectivity index (χ3v) is 6.85. The number of hydrogen-bond donors (Lipinski definition) is 2. The monoisotopic (exact) mass is 488 g/mol. The van der Waals surface area contributed by atoms with Crippen LogP contribution in [0.2, 0.25) is 0 Å². The first-order valence-corrected chi connectivity index (χ1v) is 12.1. The summed E-state index contributed by atoms with van der Waals surface area (Å²) in [6.45, 7) is 4.25. The van der Waals surface area contributed by atoms with Crippen LogP contribution in [0.4, 0.5) is 0 Å². The summed E-state index contributed by atoms with van der Waals surface area (Å²) < 4.78 is 6.61. The molecule has 0 aliphatic rings. The SMILES string of the molecule is COC(=O)c1cc(-c2cc(-c3cnn(C)c3)cc(C(C)NC(=O)c3cc(CN)ccc3C)c2)cs1. The molecule has 0 spiro atoms. The molecule has 0 aliphatic carbocycles. The van der Waals surface area contributed by atoms with Crippen molar-refractivity contribution in [2.75, 3.05) is 7.11 Å². The molecule has 2 aromatic heterocycles. The highest BCUT2D eigenvalue weighted by molar-refractivity contribution is 7.12. The lowest BCUT2D eigenvalue weighted by Crippen LogP contribution is -2.27. The van der Waals surface area contributed by atoms with Crippen LogP contribution < -0.4 is 11.1 Å². The van der Waals surface area contributed by atoms with Crippen molar-refractivity contribution in [2.24, 2.45) is 12.8 Å². The number of methoxy groups -OCH3 is 1. The molecule has 0 bridgehead atoms. The highest BCUT2D eigenvalue weighted by atomic mass is 32.1. The topological polar surface area (TPSA) is 99.2 Å². The van der Waals surface area contributed by atoms with Gasteiger partial charge in [0.25, 0.3) is 5.91 Å². The highest BCUT2D eigenvalue weighted by Gasteiger charge is 2.17. The third-order valence-electron chi connectivity index (χ3n) is 5.94. The standard InChI is InChI=1S/C27H28N4O3S/c1-16-5-6-18(12-28)7-24(16)26(32)30-17(2)19-8-20(22-11-25(35-15-22)27(33)34-4)10-21(9-19)23-13-29-31(3)14-23/h5-11,13-15,17H,12,28H2,1-4H3,(H,30,32). The van der Waals surface area contributed by atoms with Crippen LogP contribution in [0, 0.1) is 6.92 Å². The molecule has 4 rings (SSSR count). The maximum Gasteiger partial charge on any atom is 0.348 e. The molecular formula is C27H28N4O3S. The van der Waals surface area contributed by atoms with E-state index in [0.29, 0.717) is 17.0 Å². The van der Waals surface area contributed by atoms with Crippen molar-refractivity contribution in [1.82, 2.24) is 15.1 Å². The first-order chi connectivity index (χ1) is 16.8. The molecule has 2 aromatic carbocycles. The van der Waals surface area contributed by atoms with Gasteiger partial charge >= 0.3 is 5.97 Å². The first-order valence-electron chi connectivity index (χ1n) is 11.2. The number of carbonyl (C=O) groups is 2. The van der Waals surface area contributed by atoms with E-state index in [-0.39, 0.29) is 17.9 Å². The summed E-state index contributed by atoms with van der Waals surface area (Å²) in [6, 6.07) is 13.4. The quantitative estimate of drug-likeness (QED) is 0.362. The van der Waals surface area contributed by atoms with Crippen LogP contribution in [0.3, 0.4) is 0 Å². The minimum atomic E-state index is -0.361. The van der Waals surface area contributed by atoms with Crippen molar-refractivity contribution in [3.8, 4) is 22.3 Å². The Morgan fingerprint density at radius 1 is 1.11 bits per heavy atom. The van der Waals surface area contributed by atoms with Gasteiger partial charge in [-0.1, -0.05) is 12.1 Å². The predicted molar refractivity (Wildman–Crippen MR) is 138 cm³/mol. The normalized spacial score (nSPS) is 11.8. The molecule has 0 aliphatic heterocycles. The average Bonchev–Trinajstić information content (AvgIpc) is 3.53. The number of thiophene rings is 1. The number of nitrogens with one attached hydrogen (secondary N) is 1. The lowest BCUT2D eigenvalue weighted by molar-refractivity contribution is 0.0606.